The number of nitrogens with one attached hydrogen (secondary N) is 1. The van der Waals surface area contributed by atoms with Crippen LogP contribution < -0.4 is 11.3 Å². The Bertz CT molecular complexity index is 516. The molecule has 0 aliphatic heterocycles. The molecule has 4 heteroatoms. The van der Waals surface area contributed by atoms with E-state index in [1.165, 1.54) is 21.6 Å². The summed E-state index contributed by atoms with van der Waals surface area (Å²) in [6.07, 6.45) is 0.871. The molecule has 1 heterocycles. The van der Waals surface area contributed by atoms with Gasteiger partial charge in [0.2, 0.25) is 0 Å². The molecule has 96 valence electrons. The van der Waals surface area contributed by atoms with Crippen LogP contribution in [0.3, 0.4) is 0 Å². The van der Waals surface area contributed by atoms with Crippen molar-refractivity contribution in [3.05, 3.63) is 56.2 Å². The van der Waals surface area contributed by atoms with Gasteiger partial charge < -0.3 is 0 Å². The molecule has 0 saturated heterocycles. The highest BCUT2D eigenvalue weighted by Gasteiger charge is 2.13. The lowest BCUT2D eigenvalue weighted by atomic mass is 10.0. The van der Waals surface area contributed by atoms with Crippen molar-refractivity contribution in [3.8, 4) is 0 Å². The van der Waals surface area contributed by atoms with Crippen molar-refractivity contribution in [3.63, 3.8) is 0 Å². The molecule has 3 N–H and O–H groups in total. The second-order valence-corrected chi connectivity index (χ2v) is 6.31. The fraction of sp³-hybridized carbons (Fsp3) is 0.286. The van der Waals surface area contributed by atoms with Gasteiger partial charge in [0.05, 0.1) is 10.4 Å². The number of halogens is 1. The molecule has 1 aromatic heterocycles. The van der Waals surface area contributed by atoms with Gasteiger partial charge in [0.15, 0.2) is 0 Å². The predicted molar refractivity (Wildman–Crippen MR) is 79.0 cm³/mol. The minimum absolute atomic E-state index is 0.115. The van der Waals surface area contributed by atoms with E-state index >= 15 is 0 Å². The van der Waals surface area contributed by atoms with Crippen molar-refractivity contribution in [2.75, 3.05) is 0 Å². The average Bonchev–Trinajstić information content (AvgIpc) is 2.71. The van der Waals surface area contributed by atoms with Crippen LogP contribution in [0, 0.1) is 13.8 Å². The van der Waals surface area contributed by atoms with Crippen LogP contribution in [0.25, 0.3) is 0 Å². The Labute approximate surface area is 117 Å². The summed E-state index contributed by atoms with van der Waals surface area (Å²) in [6, 6.07) is 10.6. The Kier molecular flexibility index (Phi) is 4.40. The predicted octanol–water partition coefficient (Wildman–Crippen LogP) is 3.77. The van der Waals surface area contributed by atoms with Crippen molar-refractivity contribution in [1.82, 2.24) is 5.43 Å². The molecule has 2 aromatic rings. The first-order chi connectivity index (χ1) is 8.58. The van der Waals surface area contributed by atoms with Crippen LogP contribution in [0.2, 0.25) is 4.34 Å². The summed E-state index contributed by atoms with van der Waals surface area (Å²) in [5, 5.41) is 0. The number of benzene rings is 1. The number of hydrogen-bond acceptors (Lipinski definition) is 3. The van der Waals surface area contributed by atoms with Gasteiger partial charge in [0, 0.05) is 4.88 Å². The average molecular weight is 281 g/mol. The lowest BCUT2D eigenvalue weighted by Crippen LogP contribution is -2.28. The zero-order chi connectivity index (χ0) is 13.1. The molecule has 1 atom stereocenters. The molecule has 2 rings (SSSR count). The van der Waals surface area contributed by atoms with E-state index in [1.807, 2.05) is 12.1 Å². The first kappa shape index (κ1) is 13.6. The standard InChI is InChI=1S/C14H17ClN2S/c1-9-5-10(2)7-11(6-9)8-12(17-16)13-3-4-14(15)18-13/h3-7,12,17H,8,16H2,1-2H3. The van der Waals surface area contributed by atoms with Crippen LogP contribution >= 0.6 is 22.9 Å². The second-order valence-electron chi connectivity index (χ2n) is 4.56. The molecule has 18 heavy (non-hydrogen) atoms. The lowest BCUT2D eigenvalue weighted by molar-refractivity contribution is 0.560. The zero-order valence-electron chi connectivity index (χ0n) is 10.5. The first-order valence-electron chi connectivity index (χ1n) is 5.87. The summed E-state index contributed by atoms with van der Waals surface area (Å²) in [6.45, 7) is 4.23. The van der Waals surface area contributed by atoms with E-state index in [1.54, 1.807) is 11.3 Å². The number of aryl methyl sites for hydroxylation is 2. The fourth-order valence-corrected chi connectivity index (χ4v) is 3.30. The number of thiophene rings is 1. The molecule has 1 aromatic carbocycles. The molecule has 0 bridgehead atoms. The van der Waals surface area contributed by atoms with Gasteiger partial charge in [0.1, 0.15) is 0 Å². The van der Waals surface area contributed by atoms with Crippen molar-refractivity contribution in [2.24, 2.45) is 5.84 Å². The summed E-state index contributed by atoms with van der Waals surface area (Å²) >= 11 is 7.54. The SMILES string of the molecule is Cc1cc(C)cc(CC(NN)c2ccc(Cl)s2)c1. The Balaban J connectivity index is 2.20. The van der Waals surface area contributed by atoms with Crippen LogP contribution in [0.15, 0.2) is 30.3 Å². The maximum absolute atomic E-state index is 5.96. The molecule has 2 nitrogen and oxygen atoms in total. The normalized spacial score (nSPS) is 12.7. The highest BCUT2D eigenvalue weighted by Crippen LogP contribution is 2.28. The van der Waals surface area contributed by atoms with Gasteiger partial charge >= 0.3 is 0 Å². The molecule has 0 fully saturated rings. The van der Waals surface area contributed by atoms with Gasteiger partial charge in [-0.1, -0.05) is 40.9 Å². The third kappa shape index (κ3) is 3.33. The molecule has 0 saturated carbocycles. The molecule has 0 spiro atoms. The topological polar surface area (TPSA) is 38.0 Å². The molecule has 0 radical (unpaired) electrons. The van der Waals surface area contributed by atoms with E-state index in [0.717, 1.165) is 10.8 Å². The van der Waals surface area contributed by atoms with E-state index in [0.29, 0.717) is 0 Å². The molecule has 0 amide bonds. The summed E-state index contributed by atoms with van der Waals surface area (Å²) < 4.78 is 0.797. The molecular formula is C14H17ClN2S. The highest BCUT2D eigenvalue weighted by molar-refractivity contribution is 7.16. The third-order valence-corrected chi connectivity index (χ3v) is 4.20. The van der Waals surface area contributed by atoms with Crippen molar-refractivity contribution in [2.45, 2.75) is 26.3 Å². The summed E-state index contributed by atoms with van der Waals surface area (Å²) in [7, 11) is 0. The molecule has 0 aliphatic carbocycles. The summed E-state index contributed by atoms with van der Waals surface area (Å²) in [4.78, 5) is 1.17. The maximum atomic E-state index is 5.96. The number of rotatable bonds is 4. The molecule has 1 unspecified atom stereocenters. The lowest BCUT2D eigenvalue weighted by Gasteiger charge is -2.15. The highest BCUT2D eigenvalue weighted by atomic mass is 35.5. The van der Waals surface area contributed by atoms with Crippen molar-refractivity contribution >= 4 is 22.9 Å². The Morgan fingerprint density at radius 2 is 1.89 bits per heavy atom. The smallest absolute Gasteiger partial charge is 0.0931 e. The van der Waals surface area contributed by atoms with E-state index in [2.05, 4.69) is 37.5 Å². The van der Waals surface area contributed by atoms with Gasteiger partial charge in [-0.3, -0.25) is 11.3 Å². The Morgan fingerprint density at radius 3 is 2.39 bits per heavy atom. The van der Waals surface area contributed by atoms with E-state index in [-0.39, 0.29) is 6.04 Å². The number of hydrazine groups is 1. The van der Waals surface area contributed by atoms with Gasteiger partial charge in [0.25, 0.3) is 0 Å². The quantitative estimate of drug-likeness (QED) is 0.661. The summed E-state index contributed by atoms with van der Waals surface area (Å²) in [5.41, 5.74) is 6.73. The van der Waals surface area contributed by atoms with Gasteiger partial charge in [-0.15, -0.1) is 11.3 Å². The van der Waals surface area contributed by atoms with E-state index in [4.69, 9.17) is 17.4 Å². The maximum Gasteiger partial charge on any atom is 0.0931 e. The minimum Gasteiger partial charge on any atom is -0.271 e. The van der Waals surface area contributed by atoms with Crippen LogP contribution in [0.4, 0.5) is 0 Å². The Hall–Kier alpha value is -0.870. The minimum atomic E-state index is 0.115. The summed E-state index contributed by atoms with van der Waals surface area (Å²) in [5.74, 6) is 5.65. The number of hydrogen-bond donors (Lipinski definition) is 2. The Morgan fingerprint density at radius 1 is 1.22 bits per heavy atom. The van der Waals surface area contributed by atoms with E-state index in [9.17, 15) is 0 Å². The second kappa shape index (κ2) is 5.85. The van der Waals surface area contributed by atoms with Gasteiger partial charge in [-0.2, -0.15) is 0 Å². The zero-order valence-corrected chi connectivity index (χ0v) is 12.1. The van der Waals surface area contributed by atoms with Crippen molar-refractivity contribution in [1.29, 1.82) is 0 Å². The molecule has 0 aliphatic rings. The van der Waals surface area contributed by atoms with Gasteiger partial charge in [-0.05, 0) is 38.0 Å². The third-order valence-electron chi connectivity index (χ3n) is 2.86. The number of nitrogens with two attached hydrogens (primary N) is 1. The van der Waals surface area contributed by atoms with Gasteiger partial charge in [-0.25, -0.2) is 0 Å². The van der Waals surface area contributed by atoms with Crippen molar-refractivity contribution < 1.29 is 0 Å². The van der Waals surface area contributed by atoms with Crippen LogP contribution in [-0.2, 0) is 6.42 Å². The molecular weight excluding hydrogens is 264 g/mol. The first-order valence-corrected chi connectivity index (χ1v) is 7.06. The van der Waals surface area contributed by atoms with Crippen LogP contribution in [-0.4, -0.2) is 0 Å². The largest absolute Gasteiger partial charge is 0.271 e. The van der Waals surface area contributed by atoms with E-state index < -0.39 is 0 Å². The fourth-order valence-electron chi connectivity index (χ4n) is 2.18. The van der Waals surface area contributed by atoms with Crippen LogP contribution in [0.1, 0.15) is 27.6 Å². The van der Waals surface area contributed by atoms with Crippen LogP contribution in [0.5, 0.6) is 0 Å². The monoisotopic (exact) mass is 280 g/mol.